The zero-order valence-electron chi connectivity index (χ0n) is 15.0. The van der Waals surface area contributed by atoms with E-state index in [1.54, 1.807) is 24.4 Å². The molecule has 1 aromatic carbocycles. The number of carbonyl (C=O) groups is 1. The third-order valence-corrected chi connectivity index (χ3v) is 5.34. The number of hydrogen-bond donors (Lipinski definition) is 2. The zero-order chi connectivity index (χ0) is 19.5. The summed E-state index contributed by atoms with van der Waals surface area (Å²) in [5.41, 5.74) is 1.37. The average Bonchev–Trinajstić information content (AvgIpc) is 2.70. The molecular weight excluding hydrogens is 380 g/mol. The van der Waals surface area contributed by atoms with Crippen LogP contribution in [0.3, 0.4) is 0 Å². The summed E-state index contributed by atoms with van der Waals surface area (Å²) in [6.07, 6.45) is 5.02. The molecule has 0 spiro atoms. The standard InChI is InChI=1S/C20H19ClN4O3/c21-17-4-2-1-3-15(17)16-9-12-10-22-20(25-18(12)24-19(16)27)23-13-5-7-14(8-6-13)28-11-26/h1-4,9-11,13-14H,5-8H2,(H2,22,23,24,25,27)/t13-,14-. The SMILES string of the molecule is O=CO[C@H]1CC[C@H](Nc2ncc3cc(-c4ccccc4Cl)c(=O)[nH]c3n2)CC1. The van der Waals surface area contributed by atoms with Crippen molar-refractivity contribution >= 4 is 35.1 Å². The number of ether oxygens (including phenoxy) is 1. The second-order valence-corrected chi connectivity index (χ2v) is 7.25. The van der Waals surface area contributed by atoms with Crippen molar-refractivity contribution in [2.75, 3.05) is 5.32 Å². The van der Waals surface area contributed by atoms with Crippen molar-refractivity contribution in [2.45, 2.75) is 37.8 Å². The van der Waals surface area contributed by atoms with E-state index in [-0.39, 0.29) is 17.7 Å². The molecule has 0 radical (unpaired) electrons. The molecule has 1 saturated carbocycles. The smallest absolute Gasteiger partial charge is 0.293 e. The third-order valence-electron chi connectivity index (χ3n) is 5.01. The summed E-state index contributed by atoms with van der Waals surface area (Å²) in [5, 5.41) is 4.54. The van der Waals surface area contributed by atoms with Crippen LogP contribution in [0.1, 0.15) is 25.7 Å². The van der Waals surface area contributed by atoms with Gasteiger partial charge in [0.25, 0.3) is 12.0 Å². The highest BCUT2D eigenvalue weighted by Crippen LogP contribution is 2.27. The molecule has 0 aliphatic heterocycles. The van der Waals surface area contributed by atoms with Gasteiger partial charge in [0.2, 0.25) is 5.95 Å². The molecule has 1 fully saturated rings. The molecule has 28 heavy (non-hydrogen) atoms. The quantitative estimate of drug-likeness (QED) is 0.638. The van der Waals surface area contributed by atoms with Crippen LogP contribution in [-0.2, 0) is 9.53 Å². The summed E-state index contributed by atoms with van der Waals surface area (Å²) in [4.78, 5) is 34.6. The Balaban J connectivity index is 1.55. The molecule has 0 bridgehead atoms. The van der Waals surface area contributed by atoms with Crippen LogP contribution in [0.25, 0.3) is 22.2 Å². The number of anilines is 1. The number of hydrogen-bond acceptors (Lipinski definition) is 6. The Morgan fingerprint density at radius 3 is 2.71 bits per heavy atom. The number of H-pyrrole nitrogens is 1. The van der Waals surface area contributed by atoms with Crippen LogP contribution >= 0.6 is 11.6 Å². The van der Waals surface area contributed by atoms with E-state index in [4.69, 9.17) is 16.3 Å². The topological polar surface area (TPSA) is 97.0 Å². The van der Waals surface area contributed by atoms with Crippen LogP contribution < -0.4 is 10.9 Å². The molecule has 2 aromatic heterocycles. The molecule has 3 aromatic rings. The van der Waals surface area contributed by atoms with E-state index < -0.39 is 0 Å². The molecule has 0 saturated heterocycles. The Morgan fingerprint density at radius 2 is 1.96 bits per heavy atom. The van der Waals surface area contributed by atoms with Crippen molar-refractivity contribution in [3.8, 4) is 11.1 Å². The molecule has 1 aliphatic carbocycles. The summed E-state index contributed by atoms with van der Waals surface area (Å²) in [6, 6.07) is 9.17. The maximum atomic E-state index is 12.5. The van der Waals surface area contributed by atoms with Crippen LogP contribution in [0, 0.1) is 0 Å². The monoisotopic (exact) mass is 398 g/mol. The molecule has 0 unspecified atom stereocenters. The minimum Gasteiger partial charge on any atom is -0.465 e. The first-order chi connectivity index (χ1) is 13.6. The summed E-state index contributed by atoms with van der Waals surface area (Å²) in [7, 11) is 0. The van der Waals surface area contributed by atoms with Crippen molar-refractivity contribution in [1.29, 1.82) is 0 Å². The molecular formula is C20H19ClN4O3. The molecule has 144 valence electrons. The third kappa shape index (κ3) is 3.84. The van der Waals surface area contributed by atoms with Gasteiger partial charge in [-0.2, -0.15) is 4.98 Å². The van der Waals surface area contributed by atoms with Gasteiger partial charge < -0.3 is 15.0 Å². The molecule has 4 rings (SSSR count). The van der Waals surface area contributed by atoms with Crippen molar-refractivity contribution in [3.63, 3.8) is 0 Å². The fourth-order valence-corrected chi connectivity index (χ4v) is 3.78. The minimum absolute atomic E-state index is 0.00680. The van der Waals surface area contributed by atoms with E-state index in [0.29, 0.717) is 34.2 Å². The van der Waals surface area contributed by atoms with Crippen LogP contribution in [-0.4, -0.2) is 33.6 Å². The number of halogens is 1. The van der Waals surface area contributed by atoms with Gasteiger partial charge in [0.05, 0.1) is 0 Å². The lowest BCUT2D eigenvalue weighted by molar-refractivity contribution is -0.134. The van der Waals surface area contributed by atoms with Crippen molar-refractivity contribution in [2.24, 2.45) is 0 Å². The molecule has 0 atom stereocenters. The Hall–Kier alpha value is -2.93. The maximum Gasteiger partial charge on any atom is 0.293 e. The van der Waals surface area contributed by atoms with Gasteiger partial charge in [-0.25, -0.2) is 4.98 Å². The van der Waals surface area contributed by atoms with E-state index in [9.17, 15) is 9.59 Å². The Morgan fingerprint density at radius 1 is 1.18 bits per heavy atom. The number of carbonyl (C=O) groups excluding carboxylic acids is 1. The number of benzene rings is 1. The van der Waals surface area contributed by atoms with Crippen molar-refractivity contribution in [1.82, 2.24) is 15.0 Å². The van der Waals surface area contributed by atoms with Crippen LogP contribution in [0.4, 0.5) is 5.95 Å². The molecule has 2 N–H and O–H groups in total. The number of nitrogens with one attached hydrogen (secondary N) is 2. The Labute approximate surface area is 166 Å². The van der Waals surface area contributed by atoms with E-state index in [1.807, 2.05) is 12.1 Å². The largest absolute Gasteiger partial charge is 0.465 e. The normalized spacial score (nSPS) is 19.3. The number of aromatic amines is 1. The lowest BCUT2D eigenvalue weighted by Gasteiger charge is -2.27. The lowest BCUT2D eigenvalue weighted by atomic mass is 9.93. The zero-order valence-corrected chi connectivity index (χ0v) is 15.8. The number of nitrogens with zero attached hydrogens (tertiary/aromatic N) is 2. The lowest BCUT2D eigenvalue weighted by Crippen LogP contribution is -2.30. The summed E-state index contributed by atoms with van der Waals surface area (Å²) >= 11 is 6.22. The van der Waals surface area contributed by atoms with Gasteiger partial charge in [0.1, 0.15) is 11.8 Å². The maximum absolute atomic E-state index is 12.5. The van der Waals surface area contributed by atoms with Gasteiger partial charge in [-0.1, -0.05) is 29.8 Å². The van der Waals surface area contributed by atoms with Crippen molar-refractivity contribution in [3.05, 3.63) is 51.9 Å². The van der Waals surface area contributed by atoms with Gasteiger partial charge in [-0.15, -0.1) is 0 Å². The van der Waals surface area contributed by atoms with Gasteiger partial charge in [0, 0.05) is 33.8 Å². The highest BCUT2D eigenvalue weighted by molar-refractivity contribution is 6.33. The highest BCUT2D eigenvalue weighted by atomic mass is 35.5. The Kier molecular flexibility index (Phi) is 5.25. The van der Waals surface area contributed by atoms with Crippen LogP contribution in [0.2, 0.25) is 5.02 Å². The van der Waals surface area contributed by atoms with Gasteiger partial charge in [0.15, 0.2) is 0 Å². The van der Waals surface area contributed by atoms with E-state index in [2.05, 4.69) is 20.3 Å². The van der Waals surface area contributed by atoms with E-state index in [0.717, 1.165) is 31.1 Å². The van der Waals surface area contributed by atoms with E-state index in [1.165, 1.54) is 0 Å². The van der Waals surface area contributed by atoms with Crippen molar-refractivity contribution < 1.29 is 9.53 Å². The second kappa shape index (κ2) is 7.98. The molecule has 1 aliphatic rings. The Bertz CT molecular complexity index is 1060. The van der Waals surface area contributed by atoms with E-state index >= 15 is 0 Å². The molecule has 7 nitrogen and oxygen atoms in total. The number of fused-ring (bicyclic) bond motifs is 1. The predicted octanol–water partition coefficient (Wildman–Crippen LogP) is 3.53. The number of rotatable bonds is 5. The first-order valence-electron chi connectivity index (χ1n) is 9.14. The van der Waals surface area contributed by atoms with Gasteiger partial charge in [-0.05, 0) is 37.8 Å². The van der Waals surface area contributed by atoms with Gasteiger partial charge >= 0.3 is 0 Å². The van der Waals surface area contributed by atoms with Gasteiger partial charge in [-0.3, -0.25) is 9.59 Å². The second-order valence-electron chi connectivity index (χ2n) is 6.84. The minimum atomic E-state index is -0.253. The summed E-state index contributed by atoms with van der Waals surface area (Å²) < 4.78 is 5.02. The number of aromatic nitrogens is 3. The first-order valence-corrected chi connectivity index (χ1v) is 9.52. The average molecular weight is 399 g/mol. The van der Waals surface area contributed by atoms with Crippen LogP contribution in [0.5, 0.6) is 0 Å². The fraction of sp³-hybridized carbons (Fsp3) is 0.300. The first kappa shape index (κ1) is 18.4. The summed E-state index contributed by atoms with van der Waals surface area (Å²) in [5.74, 6) is 0.466. The molecule has 2 heterocycles. The number of pyridine rings is 1. The molecule has 8 heteroatoms. The molecule has 0 amide bonds. The van der Waals surface area contributed by atoms with Crippen LogP contribution in [0.15, 0.2) is 41.3 Å². The summed E-state index contributed by atoms with van der Waals surface area (Å²) in [6.45, 7) is 0.512. The predicted molar refractivity (Wildman–Crippen MR) is 107 cm³/mol. The highest BCUT2D eigenvalue weighted by Gasteiger charge is 2.22. The fourth-order valence-electron chi connectivity index (χ4n) is 3.55.